The Kier molecular flexibility index (Phi) is 11.9. The summed E-state index contributed by atoms with van der Waals surface area (Å²) in [5, 5.41) is 0. The Labute approximate surface area is 296 Å². The average molecular weight is 681 g/mol. The predicted molar refractivity (Wildman–Crippen MR) is 192 cm³/mol. The van der Waals surface area contributed by atoms with E-state index in [0.29, 0.717) is 44.7 Å². The fraction of sp³-hybridized carbons (Fsp3) is 0.524. The lowest BCUT2D eigenvalue weighted by molar-refractivity contribution is -0.156. The second-order valence-electron chi connectivity index (χ2n) is 14.2. The summed E-state index contributed by atoms with van der Waals surface area (Å²) in [4.78, 5) is 54.8. The average Bonchev–Trinajstić information content (AvgIpc) is 3.16. The zero-order chi connectivity index (χ0) is 35.0. The van der Waals surface area contributed by atoms with Crippen LogP contribution in [0, 0.1) is 5.92 Å². The van der Waals surface area contributed by atoms with Crippen LogP contribution in [0.3, 0.4) is 0 Å². The van der Waals surface area contributed by atoms with Crippen LogP contribution in [0.25, 0.3) is 0 Å². The minimum atomic E-state index is -0.566. The number of nitrogens with zero attached hydrogens (tertiary/aromatic N) is 2. The molecule has 2 amide bonds. The van der Waals surface area contributed by atoms with Gasteiger partial charge in [-0.1, -0.05) is 61.7 Å². The number of ether oxygens (including phenoxy) is 2. The molecule has 0 spiro atoms. The first-order valence-corrected chi connectivity index (χ1v) is 18.9. The molecule has 5 aliphatic rings. The van der Waals surface area contributed by atoms with Gasteiger partial charge in [0.05, 0.1) is 13.2 Å². The summed E-state index contributed by atoms with van der Waals surface area (Å²) < 4.78 is 10.5. The normalized spacial score (nSPS) is 21.6. The Morgan fingerprint density at radius 2 is 1.30 bits per heavy atom. The van der Waals surface area contributed by atoms with E-state index in [1.807, 2.05) is 48.2 Å². The lowest BCUT2D eigenvalue weighted by Gasteiger charge is -2.40. The quantitative estimate of drug-likeness (QED) is 0.303. The zero-order valence-electron chi connectivity index (χ0n) is 29.8. The van der Waals surface area contributed by atoms with Crippen molar-refractivity contribution in [2.75, 3.05) is 19.8 Å². The van der Waals surface area contributed by atoms with Gasteiger partial charge in [0.2, 0.25) is 5.91 Å². The van der Waals surface area contributed by atoms with Crippen LogP contribution in [0.2, 0.25) is 0 Å². The molecule has 3 aliphatic carbocycles. The predicted octanol–water partition coefficient (Wildman–Crippen LogP) is 7.07. The Morgan fingerprint density at radius 3 is 2.00 bits per heavy atom. The molecule has 1 saturated heterocycles. The number of aryl methyl sites for hydroxylation is 2. The van der Waals surface area contributed by atoms with Crippen LogP contribution in [-0.4, -0.2) is 65.4 Å². The topological polar surface area (TPSA) is 93.2 Å². The van der Waals surface area contributed by atoms with E-state index in [-0.39, 0.29) is 29.7 Å². The van der Waals surface area contributed by atoms with Crippen LogP contribution >= 0.6 is 0 Å². The maximum atomic E-state index is 13.3. The maximum absolute atomic E-state index is 13.3. The molecule has 8 heteroatoms. The van der Waals surface area contributed by atoms with Gasteiger partial charge in [0.15, 0.2) is 0 Å². The molecule has 50 heavy (non-hydrogen) atoms. The molecule has 2 fully saturated rings. The first-order chi connectivity index (χ1) is 24.4. The number of benzene rings is 2. The highest BCUT2D eigenvalue weighted by Crippen LogP contribution is 2.35. The Bertz CT molecular complexity index is 1640. The van der Waals surface area contributed by atoms with Crippen molar-refractivity contribution in [3.63, 3.8) is 0 Å². The van der Waals surface area contributed by atoms with E-state index in [1.165, 1.54) is 41.5 Å². The highest BCUT2D eigenvalue weighted by Gasteiger charge is 2.40. The van der Waals surface area contributed by atoms with Gasteiger partial charge in [0.1, 0.15) is 12.1 Å². The summed E-state index contributed by atoms with van der Waals surface area (Å²) in [6.45, 7) is 5.31. The van der Waals surface area contributed by atoms with Gasteiger partial charge < -0.3 is 19.3 Å². The number of allylic oxidation sites excluding steroid dienone is 2. The first-order valence-electron chi connectivity index (χ1n) is 18.9. The summed E-state index contributed by atoms with van der Waals surface area (Å²) in [6.07, 6.45) is 17.6. The van der Waals surface area contributed by atoms with E-state index < -0.39 is 12.1 Å². The van der Waals surface area contributed by atoms with Gasteiger partial charge in [0, 0.05) is 37.4 Å². The molecular formula is C42H52N2O6. The standard InChI is InChI=1S/C23H25NO3.C19H27NO3/c1-2-27-23(26)21-14-18-9-5-6-10-20(18)15-24(21)22(25)19-12-11-16-7-3-4-8-17(16)13-19;1-2-23-19(22)17-12-15-10-6-7-11-16(15)13-20(17)18(21)14-8-4-3-5-9-14/h5-6,9-13,21H,2-4,7-8,14-15H2,1H3;10-11,14,17H,2-9,12-13H2,1H3. The molecule has 2 unspecified atom stereocenters. The molecule has 1 saturated carbocycles. The molecule has 2 heterocycles. The van der Waals surface area contributed by atoms with Gasteiger partial charge >= 0.3 is 11.9 Å². The van der Waals surface area contributed by atoms with Crippen LogP contribution in [-0.2, 0) is 49.7 Å². The summed E-state index contributed by atoms with van der Waals surface area (Å²) in [5.74, 6) is -0.403. The van der Waals surface area contributed by atoms with Crippen LogP contribution in [0.5, 0.6) is 0 Å². The number of piperidine rings is 1. The number of amides is 2. The third kappa shape index (κ3) is 8.06. The smallest absolute Gasteiger partial charge is 0.329 e. The molecule has 2 aromatic carbocycles. The molecule has 8 nitrogen and oxygen atoms in total. The number of carbonyl (C=O) groups excluding carboxylic acids is 4. The van der Waals surface area contributed by atoms with E-state index in [2.05, 4.69) is 18.2 Å². The van der Waals surface area contributed by atoms with E-state index in [4.69, 9.17) is 9.47 Å². The molecule has 2 aliphatic heterocycles. The van der Waals surface area contributed by atoms with Crippen LogP contribution < -0.4 is 0 Å². The van der Waals surface area contributed by atoms with Gasteiger partial charge in [-0.2, -0.15) is 0 Å². The minimum Gasteiger partial charge on any atom is -0.464 e. The van der Waals surface area contributed by atoms with Crippen molar-refractivity contribution in [3.05, 3.63) is 93.6 Å². The molecule has 266 valence electrons. The molecular weight excluding hydrogens is 628 g/mol. The Hall–Kier alpha value is -4.20. The third-order valence-electron chi connectivity index (χ3n) is 11.0. The largest absolute Gasteiger partial charge is 0.464 e. The monoisotopic (exact) mass is 680 g/mol. The summed E-state index contributed by atoms with van der Waals surface area (Å²) in [6, 6.07) is 13.0. The number of rotatable bonds is 6. The fourth-order valence-electron chi connectivity index (χ4n) is 8.25. The van der Waals surface area contributed by atoms with Gasteiger partial charge in [-0.15, -0.1) is 0 Å². The van der Waals surface area contributed by atoms with Crippen molar-refractivity contribution in [2.24, 2.45) is 5.92 Å². The lowest BCUT2D eigenvalue weighted by Crippen LogP contribution is -2.52. The third-order valence-corrected chi connectivity index (χ3v) is 11.0. The van der Waals surface area contributed by atoms with Crippen LogP contribution in [0.1, 0.15) is 111 Å². The number of fused-ring (bicyclic) bond motifs is 3. The second-order valence-corrected chi connectivity index (χ2v) is 14.2. The van der Waals surface area contributed by atoms with Crippen molar-refractivity contribution < 1.29 is 28.7 Å². The van der Waals surface area contributed by atoms with E-state index >= 15 is 0 Å². The van der Waals surface area contributed by atoms with Crippen molar-refractivity contribution >= 4 is 23.8 Å². The van der Waals surface area contributed by atoms with Gasteiger partial charge in [-0.3, -0.25) is 9.59 Å². The summed E-state index contributed by atoms with van der Waals surface area (Å²) in [5.41, 5.74) is 7.99. The molecule has 2 atom stereocenters. The van der Waals surface area contributed by atoms with Gasteiger partial charge in [-0.25, -0.2) is 9.59 Å². The van der Waals surface area contributed by atoms with Gasteiger partial charge in [-0.05, 0) is 111 Å². The lowest BCUT2D eigenvalue weighted by atomic mass is 9.84. The Morgan fingerprint density at radius 1 is 0.660 bits per heavy atom. The molecule has 0 bridgehead atoms. The summed E-state index contributed by atoms with van der Waals surface area (Å²) in [7, 11) is 0. The van der Waals surface area contributed by atoms with Gasteiger partial charge in [0.25, 0.3) is 5.91 Å². The highest BCUT2D eigenvalue weighted by molar-refractivity contribution is 5.97. The summed E-state index contributed by atoms with van der Waals surface area (Å²) >= 11 is 0. The van der Waals surface area contributed by atoms with Crippen molar-refractivity contribution in [2.45, 2.75) is 116 Å². The zero-order valence-corrected chi connectivity index (χ0v) is 29.8. The first kappa shape index (κ1) is 35.6. The molecule has 7 rings (SSSR count). The van der Waals surface area contributed by atoms with E-state index in [9.17, 15) is 19.2 Å². The van der Waals surface area contributed by atoms with Crippen LogP contribution in [0.4, 0.5) is 0 Å². The maximum Gasteiger partial charge on any atom is 0.329 e. The second kappa shape index (κ2) is 16.7. The molecule has 0 N–H and O–H groups in total. The molecule has 0 radical (unpaired) electrons. The number of esters is 2. The minimum absolute atomic E-state index is 0.0871. The fourth-order valence-corrected chi connectivity index (χ4v) is 8.25. The van der Waals surface area contributed by atoms with Crippen molar-refractivity contribution in [1.29, 1.82) is 0 Å². The Balaban J connectivity index is 0.000000175. The number of carbonyl (C=O) groups is 4. The van der Waals surface area contributed by atoms with E-state index in [1.54, 1.807) is 11.8 Å². The number of hydrogen-bond donors (Lipinski definition) is 0. The number of likely N-dealkylation sites (tertiary alicyclic amines) is 1. The highest BCUT2D eigenvalue weighted by atomic mass is 16.5. The van der Waals surface area contributed by atoms with Crippen molar-refractivity contribution in [3.8, 4) is 0 Å². The molecule has 2 aromatic rings. The molecule has 0 aromatic heterocycles. The van der Waals surface area contributed by atoms with Crippen LogP contribution in [0.15, 0.2) is 65.8 Å². The SMILES string of the molecule is CCOC(=O)C1CC2=CCCC=C2CN1C(=O)C1CCCCC1.CCOC(=O)C1Cc2ccccc2CN1C(=O)c1ccc2c(c1)CCCC2. The van der Waals surface area contributed by atoms with E-state index in [0.717, 1.165) is 62.5 Å². The van der Waals surface area contributed by atoms with Crippen molar-refractivity contribution in [1.82, 2.24) is 9.80 Å². The number of hydrogen-bond acceptors (Lipinski definition) is 6.